The van der Waals surface area contributed by atoms with Crippen molar-refractivity contribution in [3.05, 3.63) is 29.8 Å². The number of rotatable bonds is 4. The van der Waals surface area contributed by atoms with Crippen molar-refractivity contribution in [2.75, 3.05) is 31.5 Å². The summed E-state index contributed by atoms with van der Waals surface area (Å²) >= 11 is 0. The number of carbonyl (C=O) groups excluding carboxylic acids is 1. The second kappa shape index (κ2) is 7.25. The topological polar surface area (TPSA) is 44.4 Å². The van der Waals surface area contributed by atoms with E-state index in [4.69, 9.17) is 0 Å². The van der Waals surface area contributed by atoms with Crippen molar-refractivity contribution < 1.29 is 4.79 Å². The van der Waals surface area contributed by atoms with Gasteiger partial charge in [0.15, 0.2) is 0 Å². The van der Waals surface area contributed by atoms with Crippen molar-refractivity contribution in [3.63, 3.8) is 0 Å². The number of likely N-dealkylation sites (tertiary alicyclic amines) is 1. The van der Waals surface area contributed by atoms with Gasteiger partial charge >= 0.3 is 0 Å². The number of anilines is 1. The summed E-state index contributed by atoms with van der Waals surface area (Å²) in [5, 5.41) is 6.26. The molecule has 1 amide bonds. The third kappa shape index (κ3) is 4.08. The molecule has 2 heterocycles. The van der Waals surface area contributed by atoms with E-state index in [2.05, 4.69) is 34.6 Å². The van der Waals surface area contributed by atoms with Crippen LogP contribution in [0.15, 0.2) is 24.3 Å². The highest BCUT2D eigenvalue weighted by atomic mass is 16.1. The van der Waals surface area contributed by atoms with Crippen LogP contribution in [0.25, 0.3) is 0 Å². The summed E-state index contributed by atoms with van der Waals surface area (Å²) in [5.41, 5.74) is 2.24. The van der Waals surface area contributed by atoms with Gasteiger partial charge in [-0.1, -0.05) is 19.1 Å². The molecule has 1 aromatic rings. The Kier molecular flexibility index (Phi) is 5.11. The minimum atomic E-state index is 0.120. The van der Waals surface area contributed by atoms with E-state index in [0.717, 1.165) is 37.7 Å². The van der Waals surface area contributed by atoms with Crippen LogP contribution in [-0.2, 0) is 11.3 Å². The van der Waals surface area contributed by atoms with Crippen LogP contribution in [-0.4, -0.2) is 37.0 Å². The largest absolute Gasteiger partial charge is 0.326 e. The molecule has 0 saturated carbocycles. The molecule has 2 aliphatic rings. The van der Waals surface area contributed by atoms with Crippen LogP contribution in [0.5, 0.6) is 0 Å². The van der Waals surface area contributed by atoms with Gasteiger partial charge in [0.2, 0.25) is 5.91 Å². The Hall–Kier alpha value is -1.39. The summed E-state index contributed by atoms with van der Waals surface area (Å²) < 4.78 is 0. The molecular formula is C18H27N3O. The van der Waals surface area contributed by atoms with Crippen molar-refractivity contribution in [1.82, 2.24) is 10.2 Å². The van der Waals surface area contributed by atoms with Gasteiger partial charge in [-0.2, -0.15) is 0 Å². The van der Waals surface area contributed by atoms with E-state index in [0.29, 0.717) is 0 Å². The maximum Gasteiger partial charge on any atom is 0.228 e. The van der Waals surface area contributed by atoms with Gasteiger partial charge in [0, 0.05) is 25.3 Å². The predicted molar refractivity (Wildman–Crippen MR) is 89.7 cm³/mol. The average Bonchev–Trinajstić information content (AvgIpc) is 3.04. The zero-order chi connectivity index (χ0) is 15.4. The van der Waals surface area contributed by atoms with E-state index < -0.39 is 0 Å². The second-order valence-corrected chi connectivity index (χ2v) is 6.86. The van der Waals surface area contributed by atoms with Crippen LogP contribution < -0.4 is 10.6 Å². The molecular weight excluding hydrogens is 274 g/mol. The first kappa shape index (κ1) is 15.5. The van der Waals surface area contributed by atoms with Gasteiger partial charge in [-0.05, 0) is 56.0 Å². The zero-order valence-electron chi connectivity index (χ0n) is 13.5. The lowest BCUT2D eigenvalue weighted by atomic mass is 10.00. The second-order valence-electron chi connectivity index (χ2n) is 6.86. The Balaban J connectivity index is 1.52. The van der Waals surface area contributed by atoms with Crippen molar-refractivity contribution >= 4 is 11.6 Å². The smallest absolute Gasteiger partial charge is 0.228 e. The number of carbonyl (C=O) groups is 1. The summed E-state index contributed by atoms with van der Waals surface area (Å²) in [6.45, 7) is 7.51. The SMILES string of the molecule is CC1CCCN(Cc2ccc(NC(=O)C3CCNC3)cc2)C1. The first-order chi connectivity index (χ1) is 10.7. The number of piperidine rings is 1. The Bertz CT molecular complexity index is 494. The minimum Gasteiger partial charge on any atom is -0.326 e. The molecule has 4 heteroatoms. The fourth-order valence-corrected chi connectivity index (χ4v) is 3.50. The fourth-order valence-electron chi connectivity index (χ4n) is 3.50. The Morgan fingerprint density at radius 2 is 2.14 bits per heavy atom. The number of nitrogens with one attached hydrogen (secondary N) is 2. The van der Waals surface area contributed by atoms with Gasteiger partial charge in [0.25, 0.3) is 0 Å². The number of benzene rings is 1. The van der Waals surface area contributed by atoms with E-state index in [1.54, 1.807) is 0 Å². The Labute approximate surface area is 133 Å². The van der Waals surface area contributed by atoms with E-state index in [1.165, 1.54) is 31.5 Å². The van der Waals surface area contributed by atoms with Gasteiger partial charge in [-0.3, -0.25) is 9.69 Å². The lowest BCUT2D eigenvalue weighted by molar-refractivity contribution is -0.119. The molecule has 0 aromatic heterocycles. The molecule has 22 heavy (non-hydrogen) atoms. The highest BCUT2D eigenvalue weighted by Crippen LogP contribution is 2.19. The highest BCUT2D eigenvalue weighted by Gasteiger charge is 2.22. The zero-order valence-corrected chi connectivity index (χ0v) is 13.5. The maximum atomic E-state index is 12.1. The lowest BCUT2D eigenvalue weighted by Crippen LogP contribution is -2.33. The number of amides is 1. The summed E-state index contributed by atoms with van der Waals surface area (Å²) in [5.74, 6) is 1.07. The normalized spacial score (nSPS) is 26.0. The van der Waals surface area contributed by atoms with Gasteiger partial charge < -0.3 is 10.6 Å². The van der Waals surface area contributed by atoms with E-state index in [-0.39, 0.29) is 11.8 Å². The van der Waals surface area contributed by atoms with E-state index in [1.807, 2.05) is 12.1 Å². The quantitative estimate of drug-likeness (QED) is 0.898. The Morgan fingerprint density at radius 1 is 1.32 bits per heavy atom. The molecule has 2 aliphatic heterocycles. The number of hydrogen-bond donors (Lipinski definition) is 2. The fraction of sp³-hybridized carbons (Fsp3) is 0.611. The van der Waals surface area contributed by atoms with Crippen LogP contribution in [0.3, 0.4) is 0 Å². The van der Waals surface area contributed by atoms with Gasteiger partial charge in [-0.25, -0.2) is 0 Å². The summed E-state index contributed by atoms with van der Waals surface area (Å²) in [4.78, 5) is 14.6. The highest BCUT2D eigenvalue weighted by molar-refractivity contribution is 5.92. The van der Waals surface area contributed by atoms with Crippen LogP contribution in [0.4, 0.5) is 5.69 Å². The van der Waals surface area contributed by atoms with Gasteiger partial charge in [-0.15, -0.1) is 0 Å². The molecule has 0 bridgehead atoms. The van der Waals surface area contributed by atoms with Crippen molar-refractivity contribution in [1.29, 1.82) is 0 Å². The molecule has 0 spiro atoms. The molecule has 2 saturated heterocycles. The summed E-state index contributed by atoms with van der Waals surface area (Å²) in [6, 6.07) is 8.34. The number of nitrogens with zero attached hydrogens (tertiary/aromatic N) is 1. The molecule has 2 fully saturated rings. The molecule has 2 atom stereocenters. The molecule has 1 aromatic carbocycles. The van der Waals surface area contributed by atoms with E-state index >= 15 is 0 Å². The maximum absolute atomic E-state index is 12.1. The van der Waals surface area contributed by atoms with Crippen LogP contribution in [0.2, 0.25) is 0 Å². The minimum absolute atomic E-state index is 0.120. The van der Waals surface area contributed by atoms with Crippen molar-refractivity contribution in [2.45, 2.75) is 32.7 Å². The van der Waals surface area contributed by atoms with Gasteiger partial charge in [0.05, 0.1) is 5.92 Å². The van der Waals surface area contributed by atoms with Crippen LogP contribution >= 0.6 is 0 Å². The van der Waals surface area contributed by atoms with Gasteiger partial charge in [0.1, 0.15) is 0 Å². The number of hydrogen-bond acceptors (Lipinski definition) is 3. The van der Waals surface area contributed by atoms with Crippen molar-refractivity contribution in [2.24, 2.45) is 11.8 Å². The lowest BCUT2D eigenvalue weighted by Gasteiger charge is -2.30. The first-order valence-electron chi connectivity index (χ1n) is 8.53. The monoisotopic (exact) mass is 301 g/mol. The molecule has 4 nitrogen and oxygen atoms in total. The molecule has 120 valence electrons. The summed E-state index contributed by atoms with van der Waals surface area (Å²) in [6.07, 6.45) is 3.61. The standard InChI is InChI=1S/C18H27N3O/c1-14-3-2-10-21(12-14)13-15-4-6-17(7-5-15)20-18(22)16-8-9-19-11-16/h4-7,14,16,19H,2-3,8-13H2,1H3,(H,20,22). The average molecular weight is 301 g/mol. The van der Waals surface area contributed by atoms with Crippen LogP contribution in [0.1, 0.15) is 31.7 Å². The first-order valence-corrected chi connectivity index (χ1v) is 8.53. The van der Waals surface area contributed by atoms with Crippen LogP contribution in [0, 0.1) is 11.8 Å². The Morgan fingerprint density at radius 3 is 2.82 bits per heavy atom. The summed E-state index contributed by atoms with van der Waals surface area (Å²) in [7, 11) is 0. The predicted octanol–water partition coefficient (Wildman–Crippen LogP) is 2.47. The molecule has 0 aliphatic carbocycles. The molecule has 0 radical (unpaired) electrons. The molecule has 2 unspecified atom stereocenters. The molecule has 3 rings (SSSR count). The third-order valence-corrected chi connectivity index (χ3v) is 4.80. The molecule has 2 N–H and O–H groups in total. The third-order valence-electron chi connectivity index (χ3n) is 4.80. The van der Waals surface area contributed by atoms with E-state index in [9.17, 15) is 4.79 Å². The van der Waals surface area contributed by atoms with Crippen molar-refractivity contribution in [3.8, 4) is 0 Å².